The SMILES string of the molecule is Cc1ccc2c(c1)C(=NS(=O)C(C)(C)C)CC2. The zero-order valence-electron chi connectivity index (χ0n) is 10.9. The zero-order valence-corrected chi connectivity index (χ0v) is 11.7. The van der Waals surface area contributed by atoms with E-state index in [2.05, 4.69) is 29.5 Å². The largest absolute Gasteiger partial charge is 0.234 e. The predicted octanol–water partition coefficient (Wildman–Crippen LogP) is 3.19. The van der Waals surface area contributed by atoms with Crippen molar-refractivity contribution in [2.24, 2.45) is 4.40 Å². The molecule has 1 aliphatic rings. The maximum absolute atomic E-state index is 12.0. The van der Waals surface area contributed by atoms with Gasteiger partial charge in [-0.1, -0.05) is 17.7 Å². The van der Waals surface area contributed by atoms with Gasteiger partial charge in [0.05, 0.1) is 10.5 Å². The summed E-state index contributed by atoms with van der Waals surface area (Å²) in [5, 5.41) is 0. The van der Waals surface area contributed by atoms with E-state index in [0.717, 1.165) is 18.6 Å². The van der Waals surface area contributed by atoms with Crippen molar-refractivity contribution in [2.75, 3.05) is 0 Å². The molecule has 2 nitrogen and oxygen atoms in total. The minimum Gasteiger partial charge on any atom is -0.234 e. The molecule has 0 aliphatic heterocycles. The predicted molar refractivity (Wildman–Crippen MR) is 73.9 cm³/mol. The van der Waals surface area contributed by atoms with E-state index in [-0.39, 0.29) is 4.75 Å². The maximum Gasteiger partial charge on any atom is 0.145 e. The summed E-state index contributed by atoms with van der Waals surface area (Å²) in [6.07, 6.45) is 1.94. The zero-order chi connectivity index (χ0) is 12.6. The summed E-state index contributed by atoms with van der Waals surface area (Å²) >= 11 is 0. The molecule has 0 heterocycles. The van der Waals surface area contributed by atoms with Crippen LogP contribution in [-0.2, 0) is 17.4 Å². The van der Waals surface area contributed by atoms with Crippen LogP contribution in [0, 0.1) is 6.92 Å². The molecule has 0 aromatic heterocycles. The number of hydrogen-bond donors (Lipinski definition) is 0. The second-order valence-electron chi connectivity index (χ2n) is 5.56. The van der Waals surface area contributed by atoms with Crippen LogP contribution >= 0.6 is 0 Å². The minimum absolute atomic E-state index is 0.278. The Morgan fingerprint density at radius 2 is 1.94 bits per heavy atom. The third-order valence-corrected chi connectivity index (χ3v) is 4.36. The second-order valence-corrected chi connectivity index (χ2v) is 7.47. The van der Waals surface area contributed by atoms with Crippen molar-refractivity contribution in [2.45, 2.75) is 45.3 Å². The molecule has 0 radical (unpaired) electrons. The number of aryl methyl sites for hydroxylation is 2. The molecule has 0 amide bonds. The lowest BCUT2D eigenvalue weighted by atomic mass is 10.1. The lowest BCUT2D eigenvalue weighted by Gasteiger charge is -2.14. The van der Waals surface area contributed by atoms with E-state index in [1.165, 1.54) is 16.7 Å². The Balaban J connectivity index is 2.37. The lowest BCUT2D eigenvalue weighted by Crippen LogP contribution is -2.20. The van der Waals surface area contributed by atoms with Gasteiger partial charge in [-0.05, 0) is 52.2 Å². The molecule has 0 fully saturated rings. The minimum atomic E-state index is -1.15. The first-order valence-corrected chi connectivity index (χ1v) is 7.08. The van der Waals surface area contributed by atoms with E-state index in [0.29, 0.717) is 0 Å². The molecule has 3 heteroatoms. The van der Waals surface area contributed by atoms with Gasteiger partial charge in [0, 0.05) is 5.56 Å². The molecule has 1 aromatic carbocycles. The van der Waals surface area contributed by atoms with Gasteiger partial charge in [-0.15, -0.1) is 0 Å². The van der Waals surface area contributed by atoms with E-state index < -0.39 is 11.0 Å². The van der Waals surface area contributed by atoms with Gasteiger partial charge in [0.15, 0.2) is 0 Å². The highest BCUT2D eigenvalue weighted by Crippen LogP contribution is 2.25. The van der Waals surface area contributed by atoms with E-state index in [4.69, 9.17) is 0 Å². The standard InChI is InChI=1S/C14H19NOS/c1-10-5-6-11-7-8-13(12(11)9-10)15-17(16)14(2,3)4/h5-6,9H,7-8H2,1-4H3. The molecular weight excluding hydrogens is 230 g/mol. The smallest absolute Gasteiger partial charge is 0.145 e. The average molecular weight is 249 g/mol. The van der Waals surface area contributed by atoms with Gasteiger partial charge >= 0.3 is 0 Å². The number of hydrogen-bond acceptors (Lipinski definition) is 1. The molecule has 1 unspecified atom stereocenters. The highest BCUT2D eigenvalue weighted by atomic mass is 32.2. The summed E-state index contributed by atoms with van der Waals surface area (Å²) in [4.78, 5) is 0. The van der Waals surface area contributed by atoms with Gasteiger partial charge in [0.25, 0.3) is 0 Å². The molecule has 1 aliphatic carbocycles. The van der Waals surface area contributed by atoms with Crippen molar-refractivity contribution in [3.05, 3.63) is 34.9 Å². The van der Waals surface area contributed by atoms with Crippen LogP contribution in [0.25, 0.3) is 0 Å². The van der Waals surface area contributed by atoms with Crippen molar-refractivity contribution in [1.82, 2.24) is 0 Å². The molecule has 2 rings (SSSR count). The number of nitrogens with zero attached hydrogens (tertiary/aromatic N) is 1. The summed E-state index contributed by atoms with van der Waals surface area (Å²) in [6, 6.07) is 6.44. The number of fused-ring (bicyclic) bond motifs is 1. The first-order chi connectivity index (χ1) is 7.88. The highest BCUT2D eigenvalue weighted by molar-refractivity contribution is 7.85. The topological polar surface area (TPSA) is 29.4 Å². The fourth-order valence-electron chi connectivity index (χ4n) is 1.90. The molecule has 0 bridgehead atoms. The van der Waals surface area contributed by atoms with Crippen LogP contribution in [0.3, 0.4) is 0 Å². The quantitative estimate of drug-likeness (QED) is 0.751. The molecule has 0 saturated carbocycles. The normalized spacial score (nSPS) is 19.4. The molecule has 1 atom stereocenters. The van der Waals surface area contributed by atoms with Gasteiger partial charge in [0.1, 0.15) is 11.0 Å². The van der Waals surface area contributed by atoms with E-state index in [1.807, 2.05) is 20.8 Å². The Bertz CT molecular complexity index is 497. The molecule has 1 aromatic rings. The Kier molecular flexibility index (Phi) is 3.21. The summed E-state index contributed by atoms with van der Waals surface area (Å²) in [5.74, 6) is 0. The van der Waals surface area contributed by atoms with Crippen molar-refractivity contribution < 1.29 is 4.21 Å². The lowest BCUT2D eigenvalue weighted by molar-refractivity contribution is 0.650. The van der Waals surface area contributed by atoms with E-state index in [1.54, 1.807) is 0 Å². The van der Waals surface area contributed by atoms with Crippen LogP contribution < -0.4 is 0 Å². The third kappa shape index (κ3) is 2.65. The molecule has 0 N–H and O–H groups in total. The summed E-state index contributed by atoms with van der Waals surface area (Å²) < 4.78 is 16.2. The van der Waals surface area contributed by atoms with Crippen molar-refractivity contribution >= 4 is 16.7 Å². The van der Waals surface area contributed by atoms with Gasteiger partial charge in [0.2, 0.25) is 0 Å². The Hall–Kier alpha value is -0.960. The Morgan fingerprint density at radius 1 is 1.24 bits per heavy atom. The number of rotatable bonds is 1. The highest BCUT2D eigenvalue weighted by Gasteiger charge is 2.23. The Labute approximate surface area is 106 Å². The third-order valence-electron chi connectivity index (χ3n) is 2.92. The van der Waals surface area contributed by atoms with Crippen LogP contribution in [0.1, 0.15) is 43.9 Å². The average Bonchev–Trinajstić information content (AvgIpc) is 2.60. The fourth-order valence-corrected chi connectivity index (χ4v) is 2.56. The van der Waals surface area contributed by atoms with Crippen LogP contribution in [-0.4, -0.2) is 14.7 Å². The van der Waals surface area contributed by atoms with Crippen LogP contribution in [0.2, 0.25) is 0 Å². The van der Waals surface area contributed by atoms with Crippen LogP contribution in [0.4, 0.5) is 0 Å². The monoisotopic (exact) mass is 249 g/mol. The van der Waals surface area contributed by atoms with Gasteiger partial charge in [-0.3, -0.25) is 0 Å². The Morgan fingerprint density at radius 3 is 2.59 bits per heavy atom. The molecular formula is C14H19NOS. The summed E-state index contributed by atoms with van der Waals surface area (Å²) in [7, 11) is -1.15. The van der Waals surface area contributed by atoms with E-state index >= 15 is 0 Å². The van der Waals surface area contributed by atoms with Crippen LogP contribution in [0.15, 0.2) is 22.6 Å². The number of benzene rings is 1. The van der Waals surface area contributed by atoms with Crippen molar-refractivity contribution in [3.8, 4) is 0 Å². The molecule has 0 saturated heterocycles. The van der Waals surface area contributed by atoms with Crippen molar-refractivity contribution in [3.63, 3.8) is 0 Å². The molecule has 0 spiro atoms. The van der Waals surface area contributed by atoms with Crippen molar-refractivity contribution in [1.29, 1.82) is 0 Å². The van der Waals surface area contributed by atoms with Gasteiger partial charge in [-0.2, -0.15) is 4.40 Å². The molecule has 92 valence electrons. The van der Waals surface area contributed by atoms with Crippen LogP contribution in [0.5, 0.6) is 0 Å². The van der Waals surface area contributed by atoms with E-state index in [9.17, 15) is 4.21 Å². The second kappa shape index (κ2) is 4.37. The maximum atomic E-state index is 12.0. The summed E-state index contributed by atoms with van der Waals surface area (Å²) in [5.41, 5.74) is 4.78. The first kappa shape index (κ1) is 12.5. The first-order valence-electron chi connectivity index (χ1n) is 5.97. The summed E-state index contributed by atoms with van der Waals surface area (Å²) in [6.45, 7) is 7.95. The van der Waals surface area contributed by atoms with Gasteiger partial charge < -0.3 is 0 Å². The fraction of sp³-hybridized carbons (Fsp3) is 0.500. The molecule has 17 heavy (non-hydrogen) atoms. The van der Waals surface area contributed by atoms with Gasteiger partial charge in [-0.25, -0.2) is 4.21 Å².